The fourth-order valence-corrected chi connectivity index (χ4v) is 1.24. The predicted molar refractivity (Wildman–Crippen MR) is 57.7 cm³/mol. The summed E-state index contributed by atoms with van der Waals surface area (Å²) in [7, 11) is 0. The number of nitrogens with one attached hydrogen (secondary N) is 1. The normalized spacial score (nSPS) is 12.1. The molecular formula is C9H12N2O2S. The Morgan fingerprint density at radius 1 is 1.50 bits per heavy atom. The van der Waals surface area contributed by atoms with E-state index >= 15 is 0 Å². The maximum Gasteiger partial charge on any atom is 0.165 e. The zero-order valence-electron chi connectivity index (χ0n) is 7.47. The number of hydrogen-bond acceptors (Lipinski definition) is 3. The molecule has 0 aliphatic carbocycles. The molecule has 0 radical (unpaired) electrons. The molecule has 1 unspecified atom stereocenters. The van der Waals surface area contributed by atoms with E-state index in [2.05, 4.69) is 17.5 Å². The first kappa shape index (κ1) is 10.7. The Hall–Kier alpha value is -1.33. The fraction of sp³-hybridized carbons (Fsp3) is 0.222. The summed E-state index contributed by atoms with van der Waals surface area (Å²) < 4.78 is 0. The van der Waals surface area contributed by atoms with Gasteiger partial charge >= 0.3 is 0 Å². The monoisotopic (exact) mass is 212 g/mol. The Morgan fingerprint density at radius 3 is 2.71 bits per heavy atom. The third kappa shape index (κ3) is 3.20. The van der Waals surface area contributed by atoms with Gasteiger partial charge in [-0.15, -0.1) is 0 Å². The van der Waals surface area contributed by atoms with Crippen molar-refractivity contribution in [1.82, 2.24) is 5.32 Å². The lowest BCUT2D eigenvalue weighted by Gasteiger charge is -2.12. The second-order valence-electron chi connectivity index (χ2n) is 2.86. The number of aliphatic hydroxyl groups is 1. The van der Waals surface area contributed by atoms with Gasteiger partial charge in [0, 0.05) is 6.42 Å². The molecule has 14 heavy (non-hydrogen) atoms. The van der Waals surface area contributed by atoms with E-state index in [-0.39, 0.29) is 17.3 Å². The number of thiocarbonyl (C=S) groups is 1. The highest BCUT2D eigenvalue weighted by atomic mass is 32.1. The molecule has 5 N–H and O–H groups in total. The minimum absolute atomic E-state index is 0.0351. The van der Waals surface area contributed by atoms with Gasteiger partial charge in [0.1, 0.15) is 12.0 Å². The molecule has 5 heteroatoms. The molecule has 0 heterocycles. The molecule has 0 aliphatic heterocycles. The van der Waals surface area contributed by atoms with E-state index in [9.17, 15) is 10.2 Å². The highest BCUT2D eigenvalue weighted by Crippen LogP contribution is 2.16. The third-order valence-corrected chi connectivity index (χ3v) is 1.83. The van der Waals surface area contributed by atoms with Crippen molar-refractivity contribution in [2.45, 2.75) is 12.6 Å². The third-order valence-electron chi connectivity index (χ3n) is 1.71. The number of nitrogens with two attached hydrogens (primary N) is 1. The van der Waals surface area contributed by atoms with Crippen LogP contribution in [0, 0.1) is 0 Å². The van der Waals surface area contributed by atoms with Crippen LogP contribution in [0.2, 0.25) is 0 Å². The standard InChI is InChI=1S/C9H12N2O2S/c10-9(14)11-8(13)5-6-3-1-2-4-7(6)12/h1-4,8,12-13H,5H2,(H3,10,11,14). The van der Waals surface area contributed by atoms with Crippen molar-refractivity contribution in [3.8, 4) is 5.75 Å². The zero-order chi connectivity index (χ0) is 10.6. The van der Waals surface area contributed by atoms with Crippen molar-refractivity contribution < 1.29 is 10.2 Å². The van der Waals surface area contributed by atoms with Gasteiger partial charge in [0.15, 0.2) is 5.11 Å². The van der Waals surface area contributed by atoms with E-state index in [1.165, 1.54) is 0 Å². The number of phenolic OH excluding ortho intramolecular Hbond substituents is 1. The van der Waals surface area contributed by atoms with Crippen molar-refractivity contribution in [3.63, 3.8) is 0 Å². The molecule has 0 spiro atoms. The molecule has 76 valence electrons. The second kappa shape index (κ2) is 4.78. The Morgan fingerprint density at radius 2 is 2.14 bits per heavy atom. The first-order valence-corrected chi connectivity index (χ1v) is 4.51. The van der Waals surface area contributed by atoms with Crippen molar-refractivity contribution in [3.05, 3.63) is 29.8 Å². The van der Waals surface area contributed by atoms with Gasteiger partial charge in [-0.3, -0.25) is 0 Å². The maximum atomic E-state index is 9.41. The minimum Gasteiger partial charge on any atom is -0.508 e. The topological polar surface area (TPSA) is 78.5 Å². The molecule has 0 aromatic heterocycles. The van der Waals surface area contributed by atoms with E-state index in [1.54, 1.807) is 24.3 Å². The first-order valence-electron chi connectivity index (χ1n) is 4.10. The number of rotatable bonds is 3. The van der Waals surface area contributed by atoms with Crippen LogP contribution in [0.1, 0.15) is 5.56 Å². The molecule has 0 saturated heterocycles. The van der Waals surface area contributed by atoms with E-state index in [0.717, 1.165) is 0 Å². The second-order valence-corrected chi connectivity index (χ2v) is 3.30. The molecule has 1 atom stereocenters. The summed E-state index contributed by atoms with van der Waals surface area (Å²) in [6.07, 6.45) is -0.620. The van der Waals surface area contributed by atoms with Crippen LogP contribution >= 0.6 is 12.2 Å². The maximum absolute atomic E-state index is 9.41. The van der Waals surface area contributed by atoms with Gasteiger partial charge in [-0.2, -0.15) is 0 Å². The molecule has 1 rings (SSSR count). The summed E-state index contributed by atoms with van der Waals surface area (Å²) in [6, 6.07) is 6.78. The molecule has 0 saturated carbocycles. The Labute approximate surface area is 87.4 Å². The molecule has 4 nitrogen and oxygen atoms in total. The van der Waals surface area contributed by atoms with Crippen LogP contribution in [0.3, 0.4) is 0 Å². The van der Waals surface area contributed by atoms with Crippen molar-refractivity contribution >= 4 is 17.3 Å². The number of aromatic hydroxyl groups is 1. The molecule has 0 bridgehead atoms. The van der Waals surface area contributed by atoms with Crippen LogP contribution < -0.4 is 11.1 Å². The van der Waals surface area contributed by atoms with Crippen LogP contribution in [0.25, 0.3) is 0 Å². The Balaban J connectivity index is 2.60. The number of benzene rings is 1. The molecular weight excluding hydrogens is 200 g/mol. The quantitative estimate of drug-likeness (QED) is 0.422. The van der Waals surface area contributed by atoms with E-state index < -0.39 is 6.23 Å². The van der Waals surface area contributed by atoms with Gasteiger partial charge in [0.2, 0.25) is 0 Å². The van der Waals surface area contributed by atoms with Crippen LogP contribution in [0.5, 0.6) is 5.75 Å². The predicted octanol–water partition coefficient (Wildman–Crippen LogP) is 0.0863. The van der Waals surface area contributed by atoms with Crippen LogP contribution in [0.15, 0.2) is 24.3 Å². The smallest absolute Gasteiger partial charge is 0.165 e. The number of hydrogen-bond donors (Lipinski definition) is 4. The van der Waals surface area contributed by atoms with E-state index in [4.69, 9.17) is 5.73 Å². The highest BCUT2D eigenvalue weighted by molar-refractivity contribution is 7.80. The van der Waals surface area contributed by atoms with Crippen molar-refractivity contribution in [1.29, 1.82) is 0 Å². The number of para-hydroxylation sites is 1. The van der Waals surface area contributed by atoms with Crippen molar-refractivity contribution in [2.75, 3.05) is 0 Å². The summed E-state index contributed by atoms with van der Waals surface area (Å²) in [4.78, 5) is 0. The molecule has 0 fully saturated rings. The number of phenols is 1. The summed E-state index contributed by atoms with van der Waals surface area (Å²) in [5.41, 5.74) is 5.83. The molecule has 1 aromatic rings. The average Bonchev–Trinajstić information content (AvgIpc) is 2.07. The first-order chi connectivity index (χ1) is 6.59. The van der Waals surface area contributed by atoms with Crippen LogP contribution in [0.4, 0.5) is 0 Å². The lowest BCUT2D eigenvalue weighted by atomic mass is 10.1. The van der Waals surface area contributed by atoms with Gasteiger partial charge in [-0.1, -0.05) is 18.2 Å². The lowest BCUT2D eigenvalue weighted by molar-refractivity contribution is 0.160. The highest BCUT2D eigenvalue weighted by Gasteiger charge is 2.07. The lowest BCUT2D eigenvalue weighted by Crippen LogP contribution is -2.39. The molecule has 0 amide bonds. The summed E-state index contributed by atoms with van der Waals surface area (Å²) >= 11 is 4.57. The zero-order valence-corrected chi connectivity index (χ0v) is 8.29. The van der Waals surface area contributed by atoms with Gasteiger partial charge in [-0.05, 0) is 23.8 Å². The van der Waals surface area contributed by atoms with Gasteiger partial charge < -0.3 is 21.3 Å². The SMILES string of the molecule is NC(=S)NC(O)Cc1ccccc1O. The fourth-order valence-electron chi connectivity index (χ4n) is 1.11. The van der Waals surface area contributed by atoms with Crippen molar-refractivity contribution in [2.24, 2.45) is 5.73 Å². The van der Waals surface area contributed by atoms with Gasteiger partial charge in [0.25, 0.3) is 0 Å². The summed E-state index contributed by atoms with van der Waals surface area (Å²) in [5, 5.41) is 21.3. The van der Waals surface area contributed by atoms with Gasteiger partial charge in [0.05, 0.1) is 0 Å². The Bertz CT molecular complexity index is 330. The summed E-state index contributed by atoms with van der Waals surface area (Å²) in [6.45, 7) is 0. The molecule has 0 aliphatic rings. The van der Waals surface area contributed by atoms with E-state index in [0.29, 0.717) is 5.56 Å². The average molecular weight is 212 g/mol. The minimum atomic E-state index is -0.874. The van der Waals surface area contributed by atoms with Crippen LogP contribution in [-0.2, 0) is 6.42 Å². The van der Waals surface area contributed by atoms with Crippen LogP contribution in [-0.4, -0.2) is 21.6 Å². The van der Waals surface area contributed by atoms with Gasteiger partial charge in [-0.25, -0.2) is 0 Å². The largest absolute Gasteiger partial charge is 0.508 e. The summed E-state index contributed by atoms with van der Waals surface area (Å²) in [5.74, 6) is 0.149. The Kier molecular flexibility index (Phi) is 3.67. The molecule has 1 aromatic carbocycles. The van der Waals surface area contributed by atoms with E-state index in [1.807, 2.05) is 0 Å². The number of aliphatic hydroxyl groups excluding tert-OH is 1.